The molecule has 0 spiro atoms. The summed E-state index contributed by atoms with van der Waals surface area (Å²) in [5.41, 5.74) is 10.2. The molecule has 1 rings (SSSR count). The van der Waals surface area contributed by atoms with Gasteiger partial charge in [0.15, 0.2) is 0 Å². The molecule has 0 aliphatic heterocycles. The van der Waals surface area contributed by atoms with Crippen molar-refractivity contribution in [1.29, 1.82) is 0 Å². The van der Waals surface area contributed by atoms with Gasteiger partial charge < -0.3 is 11.5 Å². The number of aromatic nitrogens is 2. The summed E-state index contributed by atoms with van der Waals surface area (Å²) in [5.74, 6) is 0.213. The number of rotatable bonds is 0. The van der Waals surface area contributed by atoms with Crippen molar-refractivity contribution in [2.75, 3.05) is 11.5 Å². The molecule has 1 heterocycles. The van der Waals surface area contributed by atoms with E-state index < -0.39 is 0 Å². The van der Waals surface area contributed by atoms with E-state index in [0.29, 0.717) is 3.57 Å². The Morgan fingerprint density at radius 3 is 2.60 bits per heavy atom. The average molecular weight is 252 g/mol. The first-order valence-corrected chi connectivity index (χ1v) is 3.50. The zero-order valence-electron chi connectivity index (χ0n) is 4.89. The van der Waals surface area contributed by atoms with Gasteiger partial charge in [0.2, 0.25) is 5.95 Å². The number of halogens is 1. The van der Waals surface area contributed by atoms with Gasteiger partial charge in [0, 0.05) is 0 Å². The molecule has 0 saturated heterocycles. The Hall–Kier alpha value is -0.790. The number of aromatic amines is 1. The van der Waals surface area contributed by atoms with E-state index in [1.165, 1.54) is 0 Å². The fourth-order valence-electron chi connectivity index (χ4n) is 0.494. The van der Waals surface area contributed by atoms with Gasteiger partial charge in [0.05, 0.1) is 0 Å². The molecule has 1 aromatic rings. The third kappa shape index (κ3) is 1.20. The average Bonchev–Trinajstić information content (AvgIpc) is 1.82. The maximum absolute atomic E-state index is 10.8. The molecule has 6 heteroatoms. The van der Waals surface area contributed by atoms with Crippen LogP contribution in [0.5, 0.6) is 0 Å². The first kappa shape index (κ1) is 7.32. The van der Waals surface area contributed by atoms with E-state index >= 15 is 0 Å². The van der Waals surface area contributed by atoms with Crippen molar-refractivity contribution < 1.29 is 0 Å². The quantitative estimate of drug-likeness (QED) is 0.544. The molecule has 5 N–H and O–H groups in total. The van der Waals surface area contributed by atoms with Crippen LogP contribution in [0.25, 0.3) is 0 Å². The smallest absolute Gasteiger partial charge is 0.267 e. The molecule has 0 unspecified atom stereocenters. The highest BCUT2D eigenvalue weighted by atomic mass is 127. The van der Waals surface area contributed by atoms with E-state index in [1.54, 1.807) is 22.6 Å². The van der Waals surface area contributed by atoms with Crippen molar-refractivity contribution >= 4 is 34.4 Å². The van der Waals surface area contributed by atoms with Gasteiger partial charge >= 0.3 is 0 Å². The number of hydrogen-bond donors (Lipinski definition) is 3. The Balaban J connectivity index is 3.46. The van der Waals surface area contributed by atoms with Crippen LogP contribution < -0.4 is 17.0 Å². The lowest BCUT2D eigenvalue weighted by molar-refractivity contribution is 1.12. The van der Waals surface area contributed by atoms with Crippen LogP contribution >= 0.6 is 22.6 Å². The Morgan fingerprint density at radius 2 is 2.10 bits per heavy atom. The van der Waals surface area contributed by atoms with E-state index in [2.05, 4.69) is 9.97 Å². The Bertz CT molecular complexity index is 307. The molecule has 0 bridgehead atoms. The summed E-state index contributed by atoms with van der Waals surface area (Å²) >= 11 is 1.80. The van der Waals surface area contributed by atoms with E-state index in [4.69, 9.17) is 11.5 Å². The summed E-state index contributed by atoms with van der Waals surface area (Å²) in [5, 5.41) is 0. The van der Waals surface area contributed by atoms with Gasteiger partial charge in [-0.3, -0.25) is 9.78 Å². The molecule has 0 aromatic carbocycles. The van der Waals surface area contributed by atoms with E-state index in [1.807, 2.05) is 0 Å². The first-order valence-electron chi connectivity index (χ1n) is 2.42. The van der Waals surface area contributed by atoms with Crippen LogP contribution in [-0.4, -0.2) is 9.97 Å². The van der Waals surface area contributed by atoms with E-state index in [-0.39, 0.29) is 17.3 Å². The third-order valence-corrected chi connectivity index (χ3v) is 1.95. The van der Waals surface area contributed by atoms with Gasteiger partial charge in [-0.05, 0) is 22.6 Å². The Labute approximate surface area is 70.0 Å². The fourth-order valence-corrected chi connectivity index (χ4v) is 0.750. The normalized spacial score (nSPS) is 9.70. The minimum Gasteiger partial charge on any atom is -0.383 e. The van der Waals surface area contributed by atoms with Crippen molar-refractivity contribution in [3.8, 4) is 0 Å². The minimum atomic E-state index is -0.300. The molecule has 0 saturated carbocycles. The monoisotopic (exact) mass is 252 g/mol. The lowest BCUT2D eigenvalue weighted by Crippen LogP contribution is -2.16. The molecule has 0 amide bonds. The summed E-state index contributed by atoms with van der Waals surface area (Å²) < 4.78 is 0.367. The van der Waals surface area contributed by atoms with Crippen LogP contribution in [0, 0.1) is 3.57 Å². The van der Waals surface area contributed by atoms with Crippen LogP contribution in [0.2, 0.25) is 0 Å². The van der Waals surface area contributed by atoms with Gasteiger partial charge in [-0.2, -0.15) is 4.98 Å². The van der Waals surface area contributed by atoms with Gasteiger partial charge in [-0.15, -0.1) is 0 Å². The summed E-state index contributed by atoms with van der Waals surface area (Å²) in [6, 6.07) is 0. The molecular weight excluding hydrogens is 247 g/mol. The Kier molecular flexibility index (Phi) is 1.79. The lowest BCUT2D eigenvalue weighted by Gasteiger charge is -1.95. The molecule has 0 radical (unpaired) electrons. The topological polar surface area (TPSA) is 97.8 Å². The Morgan fingerprint density at radius 1 is 1.50 bits per heavy atom. The SMILES string of the molecule is Nc1nc(N)c(I)c(=O)[nH]1. The van der Waals surface area contributed by atoms with Gasteiger partial charge in [0.1, 0.15) is 9.39 Å². The van der Waals surface area contributed by atoms with Gasteiger partial charge in [-0.1, -0.05) is 0 Å². The molecule has 0 aliphatic rings. The molecular formula is C4H5IN4O. The second kappa shape index (κ2) is 2.45. The predicted octanol–water partition coefficient (Wildman–Crippen LogP) is -0.461. The first-order chi connectivity index (χ1) is 4.61. The summed E-state index contributed by atoms with van der Waals surface area (Å²) in [6.07, 6.45) is 0. The van der Waals surface area contributed by atoms with E-state index in [0.717, 1.165) is 0 Å². The van der Waals surface area contributed by atoms with Crippen molar-refractivity contribution in [3.63, 3.8) is 0 Å². The molecule has 0 atom stereocenters. The summed E-state index contributed by atoms with van der Waals surface area (Å²) in [4.78, 5) is 16.7. The number of hydrogen-bond acceptors (Lipinski definition) is 4. The zero-order valence-corrected chi connectivity index (χ0v) is 7.05. The second-order valence-electron chi connectivity index (χ2n) is 1.65. The molecule has 10 heavy (non-hydrogen) atoms. The lowest BCUT2D eigenvalue weighted by atomic mass is 10.6. The van der Waals surface area contributed by atoms with Crippen molar-refractivity contribution in [2.45, 2.75) is 0 Å². The molecule has 54 valence electrons. The van der Waals surface area contributed by atoms with Crippen molar-refractivity contribution in [2.24, 2.45) is 0 Å². The highest BCUT2D eigenvalue weighted by Gasteiger charge is 2.01. The number of anilines is 2. The van der Waals surface area contributed by atoms with Crippen LogP contribution in [0.3, 0.4) is 0 Å². The molecule has 0 fully saturated rings. The van der Waals surface area contributed by atoms with Gasteiger partial charge in [0.25, 0.3) is 5.56 Å². The number of nitrogens with two attached hydrogens (primary N) is 2. The van der Waals surface area contributed by atoms with Crippen LogP contribution in [0.4, 0.5) is 11.8 Å². The number of H-pyrrole nitrogens is 1. The maximum Gasteiger partial charge on any atom is 0.267 e. The van der Waals surface area contributed by atoms with Crippen LogP contribution in [-0.2, 0) is 0 Å². The minimum absolute atomic E-state index is 0.0444. The molecule has 5 nitrogen and oxygen atoms in total. The highest BCUT2D eigenvalue weighted by Crippen LogP contribution is 2.04. The van der Waals surface area contributed by atoms with Crippen LogP contribution in [0.15, 0.2) is 4.79 Å². The number of nitrogens with zero attached hydrogens (tertiary/aromatic N) is 1. The summed E-state index contributed by atoms with van der Waals surface area (Å²) in [7, 11) is 0. The molecule has 1 aromatic heterocycles. The van der Waals surface area contributed by atoms with Crippen molar-refractivity contribution in [1.82, 2.24) is 9.97 Å². The third-order valence-electron chi connectivity index (χ3n) is 0.907. The summed E-state index contributed by atoms with van der Waals surface area (Å²) in [6.45, 7) is 0. The highest BCUT2D eigenvalue weighted by molar-refractivity contribution is 14.1. The molecule has 0 aliphatic carbocycles. The maximum atomic E-state index is 10.8. The van der Waals surface area contributed by atoms with Crippen molar-refractivity contribution in [3.05, 3.63) is 13.9 Å². The standard InChI is InChI=1S/C4H5IN4O/c5-1-2(6)8-4(7)9-3(1)10/h(H5,6,7,8,9,10). The predicted molar refractivity (Wildman–Crippen MR) is 46.4 cm³/mol. The van der Waals surface area contributed by atoms with E-state index in [9.17, 15) is 4.79 Å². The van der Waals surface area contributed by atoms with Gasteiger partial charge in [-0.25, -0.2) is 0 Å². The largest absolute Gasteiger partial charge is 0.383 e. The fraction of sp³-hybridized carbons (Fsp3) is 0. The second-order valence-corrected chi connectivity index (χ2v) is 2.73. The number of nitrogen functional groups attached to an aromatic ring is 2. The number of nitrogens with one attached hydrogen (secondary N) is 1. The zero-order chi connectivity index (χ0) is 7.72. The van der Waals surface area contributed by atoms with Crippen LogP contribution in [0.1, 0.15) is 0 Å².